The second-order valence-electron chi connectivity index (χ2n) is 6.52. The van der Waals surface area contributed by atoms with Gasteiger partial charge in [-0.05, 0) is 12.8 Å². The van der Waals surface area contributed by atoms with Crippen LogP contribution in [0.4, 0.5) is 0 Å². The van der Waals surface area contributed by atoms with Crippen molar-refractivity contribution < 1.29 is 47.8 Å². The summed E-state index contributed by atoms with van der Waals surface area (Å²) in [7, 11) is 0. The molecule has 0 bridgehead atoms. The van der Waals surface area contributed by atoms with E-state index in [9.17, 15) is 38.4 Å². The van der Waals surface area contributed by atoms with Gasteiger partial charge in [0.1, 0.15) is 13.2 Å². The molecule has 0 saturated carbocycles. The summed E-state index contributed by atoms with van der Waals surface area (Å²) >= 11 is 0. The second kappa shape index (κ2) is 15.9. The van der Waals surface area contributed by atoms with Gasteiger partial charge in [-0.1, -0.05) is 6.92 Å². The van der Waals surface area contributed by atoms with Crippen LogP contribution in [0.3, 0.4) is 0 Å². The van der Waals surface area contributed by atoms with Crippen molar-refractivity contribution >= 4 is 47.1 Å². The van der Waals surface area contributed by atoms with Crippen LogP contribution in [-0.4, -0.2) is 86.0 Å². The van der Waals surface area contributed by atoms with E-state index in [0.717, 1.165) is 13.8 Å². The maximum atomic E-state index is 11.9. The van der Waals surface area contributed by atoms with E-state index in [1.54, 1.807) is 6.92 Å². The number of carbonyl (C=O) groups excluding carboxylic acids is 8. The summed E-state index contributed by atoms with van der Waals surface area (Å²) in [6, 6.07) is -0.479. The van der Waals surface area contributed by atoms with Crippen LogP contribution in [0.15, 0.2) is 0 Å². The summed E-state index contributed by atoms with van der Waals surface area (Å²) in [6.07, 6.45) is 0.653. The minimum absolute atomic E-state index is 0.0208. The Labute approximate surface area is 189 Å². The molecule has 33 heavy (non-hydrogen) atoms. The van der Waals surface area contributed by atoms with Gasteiger partial charge in [-0.15, -0.1) is 0 Å². The molecule has 4 amide bonds. The first-order chi connectivity index (χ1) is 15.5. The molecule has 0 rings (SSSR count). The standard InChI is InChI=1S/C19H28N4O10/c1-4-13(23-17(29)16(28)22-8-10-33-19(31)12(3)25)5-6-20-14(26)15(27)21-7-9-32-18(30)11(2)24/h13H,4-10H2,1-3H3,(H,20,26)(H,21,27)(H,22,28)(H,23,29). The number of hydrogen-bond acceptors (Lipinski definition) is 10. The Bertz CT molecular complexity index is 781. The fraction of sp³-hybridized carbons (Fsp3) is 0.579. The number of amides is 4. The van der Waals surface area contributed by atoms with Gasteiger partial charge in [0.25, 0.3) is 0 Å². The van der Waals surface area contributed by atoms with E-state index in [-0.39, 0.29) is 39.3 Å². The van der Waals surface area contributed by atoms with Crippen molar-refractivity contribution in [2.75, 3.05) is 32.8 Å². The van der Waals surface area contributed by atoms with Gasteiger partial charge < -0.3 is 30.7 Å². The van der Waals surface area contributed by atoms with Crippen LogP contribution >= 0.6 is 0 Å². The van der Waals surface area contributed by atoms with Crippen LogP contribution in [0.25, 0.3) is 0 Å². The summed E-state index contributed by atoms with van der Waals surface area (Å²) in [5, 5.41) is 9.22. The average molecular weight is 472 g/mol. The van der Waals surface area contributed by atoms with E-state index in [0.29, 0.717) is 6.42 Å². The molecule has 1 atom stereocenters. The van der Waals surface area contributed by atoms with Crippen molar-refractivity contribution in [3.63, 3.8) is 0 Å². The van der Waals surface area contributed by atoms with Crippen LogP contribution in [0.2, 0.25) is 0 Å². The first-order valence-electron chi connectivity index (χ1n) is 9.99. The number of Topliss-reactive ketones (excluding diaryl/α,β-unsaturated/α-hetero) is 2. The Kier molecular flexibility index (Phi) is 14.0. The molecule has 4 N–H and O–H groups in total. The minimum Gasteiger partial charge on any atom is -0.458 e. The van der Waals surface area contributed by atoms with E-state index in [1.807, 2.05) is 0 Å². The molecule has 0 aromatic carbocycles. The smallest absolute Gasteiger partial charge is 0.374 e. The van der Waals surface area contributed by atoms with E-state index in [1.165, 1.54) is 0 Å². The minimum atomic E-state index is -1.05. The molecule has 0 fully saturated rings. The summed E-state index contributed by atoms with van der Waals surface area (Å²) in [4.78, 5) is 90.3. The van der Waals surface area contributed by atoms with Crippen molar-refractivity contribution in [2.24, 2.45) is 0 Å². The van der Waals surface area contributed by atoms with Crippen LogP contribution < -0.4 is 21.3 Å². The highest BCUT2D eigenvalue weighted by atomic mass is 16.5. The first-order valence-corrected chi connectivity index (χ1v) is 9.99. The van der Waals surface area contributed by atoms with Crippen LogP contribution in [0.1, 0.15) is 33.6 Å². The molecule has 14 heteroatoms. The molecule has 0 aliphatic heterocycles. The number of rotatable bonds is 13. The Morgan fingerprint density at radius 2 is 1.03 bits per heavy atom. The predicted octanol–water partition coefficient (Wildman–Crippen LogP) is -3.12. The van der Waals surface area contributed by atoms with Gasteiger partial charge in [0.15, 0.2) is 0 Å². The van der Waals surface area contributed by atoms with Gasteiger partial charge in [-0.2, -0.15) is 0 Å². The quantitative estimate of drug-likeness (QED) is 0.121. The van der Waals surface area contributed by atoms with Gasteiger partial charge in [0.05, 0.1) is 13.1 Å². The van der Waals surface area contributed by atoms with Crippen LogP contribution in [0.5, 0.6) is 0 Å². The molecule has 0 radical (unpaired) electrons. The highest BCUT2D eigenvalue weighted by molar-refractivity contribution is 6.35. The predicted molar refractivity (Wildman–Crippen MR) is 109 cm³/mol. The van der Waals surface area contributed by atoms with E-state index >= 15 is 0 Å². The second-order valence-corrected chi connectivity index (χ2v) is 6.52. The van der Waals surface area contributed by atoms with Crippen molar-refractivity contribution in [3.8, 4) is 0 Å². The third kappa shape index (κ3) is 13.2. The van der Waals surface area contributed by atoms with Gasteiger partial charge in [0, 0.05) is 26.4 Å². The average Bonchev–Trinajstić information content (AvgIpc) is 2.77. The zero-order valence-corrected chi connectivity index (χ0v) is 18.6. The first kappa shape index (κ1) is 29.2. The molecule has 0 aromatic heterocycles. The van der Waals surface area contributed by atoms with Crippen molar-refractivity contribution in [2.45, 2.75) is 39.7 Å². The van der Waals surface area contributed by atoms with Gasteiger partial charge in [-0.3, -0.25) is 28.8 Å². The summed E-state index contributed by atoms with van der Waals surface area (Å²) in [5.74, 6) is -7.51. The maximum absolute atomic E-state index is 11.9. The van der Waals surface area contributed by atoms with Crippen molar-refractivity contribution in [3.05, 3.63) is 0 Å². The number of nitrogens with one attached hydrogen (secondary N) is 4. The highest BCUT2D eigenvalue weighted by Crippen LogP contribution is 1.96. The SMILES string of the molecule is CCC(CCNC(=O)C(=O)NCCOC(=O)C(C)=O)NC(=O)C(=O)NCCOC(=O)C(C)=O. The molecule has 0 aliphatic rings. The molecule has 0 heterocycles. The Balaban J connectivity index is 4.16. The number of carbonyl (C=O) groups is 8. The summed E-state index contributed by atoms with van der Waals surface area (Å²) in [5.41, 5.74) is 0. The van der Waals surface area contributed by atoms with Gasteiger partial charge in [-0.25, -0.2) is 9.59 Å². The molecule has 14 nitrogen and oxygen atoms in total. The fourth-order valence-electron chi connectivity index (χ4n) is 2.05. The van der Waals surface area contributed by atoms with E-state index in [2.05, 4.69) is 30.7 Å². The molecule has 0 aromatic rings. The zero-order chi connectivity index (χ0) is 25.4. The number of ketones is 2. The molecule has 0 saturated heterocycles. The number of ether oxygens (including phenoxy) is 2. The largest absolute Gasteiger partial charge is 0.458 e. The van der Waals surface area contributed by atoms with Gasteiger partial charge >= 0.3 is 35.6 Å². The molecule has 0 spiro atoms. The van der Waals surface area contributed by atoms with Crippen LogP contribution in [0, 0.1) is 0 Å². The van der Waals surface area contributed by atoms with Crippen molar-refractivity contribution in [1.29, 1.82) is 0 Å². The lowest BCUT2D eigenvalue weighted by Gasteiger charge is -2.17. The lowest BCUT2D eigenvalue weighted by molar-refractivity contribution is -0.153. The monoisotopic (exact) mass is 472 g/mol. The lowest BCUT2D eigenvalue weighted by Crippen LogP contribution is -2.47. The molecule has 0 aliphatic carbocycles. The molecule has 184 valence electrons. The third-order valence-corrected chi connectivity index (χ3v) is 3.84. The van der Waals surface area contributed by atoms with E-state index < -0.39 is 53.2 Å². The highest BCUT2D eigenvalue weighted by Gasteiger charge is 2.19. The van der Waals surface area contributed by atoms with Crippen molar-refractivity contribution in [1.82, 2.24) is 21.3 Å². The summed E-state index contributed by atoms with van der Waals surface area (Å²) < 4.78 is 9.06. The molecular weight excluding hydrogens is 444 g/mol. The van der Waals surface area contributed by atoms with E-state index in [4.69, 9.17) is 0 Å². The lowest BCUT2D eigenvalue weighted by atomic mass is 10.1. The normalized spacial score (nSPS) is 10.8. The molecule has 1 unspecified atom stereocenters. The van der Waals surface area contributed by atoms with Gasteiger partial charge in [0.2, 0.25) is 11.6 Å². The maximum Gasteiger partial charge on any atom is 0.374 e. The third-order valence-electron chi connectivity index (χ3n) is 3.84. The fourth-order valence-corrected chi connectivity index (χ4v) is 2.05. The zero-order valence-electron chi connectivity index (χ0n) is 18.6. The number of esters is 2. The number of hydrogen-bond donors (Lipinski definition) is 4. The summed E-state index contributed by atoms with van der Waals surface area (Å²) in [6.45, 7) is 2.94. The molecular formula is C19H28N4O10. The topological polar surface area (TPSA) is 203 Å². The Hall–Kier alpha value is -3.84. The Morgan fingerprint density at radius 3 is 1.42 bits per heavy atom. The van der Waals surface area contributed by atoms with Crippen LogP contribution in [-0.2, 0) is 47.8 Å². The Morgan fingerprint density at radius 1 is 0.636 bits per heavy atom.